The smallest absolute Gasteiger partial charge is 0.240 e. The molecule has 0 spiro atoms. The molecule has 0 bridgehead atoms. The Bertz CT molecular complexity index is 572. The van der Waals surface area contributed by atoms with Crippen molar-refractivity contribution in [1.29, 1.82) is 0 Å². The molecule has 1 heterocycles. The van der Waals surface area contributed by atoms with Crippen molar-refractivity contribution >= 4 is 15.7 Å². The fourth-order valence-corrected chi connectivity index (χ4v) is 3.36. The van der Waals surface area contributed by atoms with Gasteiger partial charge in [-0.3, -0.25) is 0 Å². The number of anilines is 1. The zero-order valence-electron chi connectivity index (χ0n) is 10.8. The zero-order valence-corrected chi connectivity index (χ0v) is 11.7. The highest BCUT2D eigenvalue weighted by atomic mass is 32.2. The minimum absolute atomic E-state index is 0.261. The molecule has 1 saturated carbocycles. The van der Waals surface area contributed by atoms with E-state index < -0.39 is 15.6 Å². The maximum absolute atomic E-state index is 11.6. The maximum atomic E-state index is 11.6. The third-order valence-corrected chi connectivity index (χ3v) is 5.48. The number of hydrogen-bond acceptors (Lipinski definition) is 4. The van der Waals surface area contributed by atoms with Gasteiger partial charge in [0, 0.05) is 18.8 Å². The monoisotopic (exact) mass is 282 g/mol. The van der Waals surface area contributed by atoms with Crippen LogP contribution in [-0.2, 0) is 10.0 Å². The summed E-state index contributed by atoms with van der Waals surface area (Å²) in [5, 5.41) is 10.3. The van der Waals surface area contributed by atoms with Crippen LogP contribution >= 0.6 is 0 Å². The van der Waals surface area contributed by atoms with E-state index in [0.717, 1.165) is 18.5 Å². The number of β-amino-alcohol motifs (C(OH)–C–C–N with tert-alkyl or cyclic N) is 1. The van der Waals surface area contributed by atoms with Gasteiger partial charge in [-0.1, -0.05) is 0 Å². The molecular formula is C13H18N2O3S. The third kappa shape index (κ3) is 2.24. The standard InChI is InChI=1S/C13H18N2O3S/c1-14-19(17,18)12-6-4-11(5-7-12)15-8-13(16,9-15)10-2-3-10/h4-7,10,14,16H,2-3,8-9H2,1H3. The summed E-state index contributed by atoms with van der Waals surface area (Å²) in [6.45, 7) is 1.30. The highest BCUT2D eigenvalue weighted by Crippen LogP contribution is 2.45. The second-order valence-electron chi connectivity index (χ2n) is 5.44. The lowest BCUT2D eigenvalue weighted by Gasteiger charge is -2.48. The number of hydrogen-bond donors (Lipinski definition) is 2. The Balaban J connectivity index is 1.71. The lowest BCUT2D eigenvalue weighted by atomic mass is 9.88. The van der Waals surface area contributed by atoms with Crippen LogP contribution in [0.2, 0.25) is 0 Å². The van der Waals surface area contributed by atoms with Gasteiger partial charge in [-0.25, -0.2) is 13.1 Å². The maximum Gasteiger partial charge on any atom is 0.240 e. The van der Waals surface area contributed by atoms with Crippen molar-refractivity contribution in [3.05, 3.63) is 24.3 Å². The van der Waals surface area contributed by atoms with Crippen LogP contribution in [-0.4, -0.2) is 39.3 Å². The van der Waals surface area contributed by atoms with E-state index in [2.05, 4.69) is 9.62 Å². The van der Waals surface area contributed by atoms with E-state index in [-0.39, 0.29) is 4.90 Å². The van der Waals surface area contributed by atoms with Gasteiger partial charge in [0.05, 0.1) is 4.90 Å². The Kier molecular flexibility index (Phi) is 2.85. The molecule has 6 heteroatoms. The Morgan fingerprint density at radius 2 is 1.84 bits per heavy atom. The van der Waals surface area contributed by atoms with E-state index in [4.69, 9.17) is 0 Å². The highest BCUT2D eigenvalue weighted by molar-refractivity contribution is 7.89. The number of aliphatic hydroxyl groups is 1. The summed E-state index contributed by atoms with van der Waals surface area (Å²) in [5.41, 5.74) is 0.441. The normalized spacial score (nSPS) is 22.1. The molecule has 2 fully saturated rings. The molecule has 3 rings (SSSR count). The average molecular weight is 282 g/mol. The molecule has 1 aromatic carbocycles. The molecule has 0 radical (unpaired) electrons. The van der Waals surface area contributed by atoms with Crippen molar-refractivity contribution in [2.45, 2.75) is 23.3 Å². The van der Waals surface area contributed by atoms with E-state index in [0.29, 0.717) is 19.0 Å². The molecule has 0 aromatic heterocycles. The van der Waals surface area contributed by atoms with Crippen molar-refractivity contribution in [1.82, 2.24) is 4.72 Å². The molecular weight excluding hydrogens is 264 g/mol. The van der Waals surface area contributed by atoms with Gasteiger partial charge in [-0.05, 0) is 50.1 Å². The highest BCUT2D eigenvalue weighted by Gasteiger charge is 2.51. The molecule has 1 aliphatic heterocycles. The minimum atomic E-state index is -3.37. The van der Waals surface area contributed by atoms with Gasteiger partial charge in [0.15, 0.2) is 0 Å². The largest absolute Gasteiger partial charge is 0.386 e. The minimum Gasteiger partial charge on any atom is -0.386 e. The summed E-state index contributed by atoms with van der Waals surface area (Å²) >= 11 is 0. The first kappa shape index (κ1) is 12.9. The first-order valence-corrected chi connectivity index (χ1v) is 7.94. The molecule has 0 atom stereocenters. The molecule has 2 aliphatic rings. The molecule has 104 valence electrons. The van der Waals surface area contributed by atoms with Gasteiger partial charge in [-0.2, -0.15) is 0 Å². The predicted octanol–water partition coefficient (Wildman–Crippen LogP) is 0.556. The fraction of sp³-hybridized carbons (Fsp3) is 0.538. The molecule has 2 N–H and O–H groups in total. The van der Waals surface area contributed by atoms with Crippen LogP contribution in [0.3, 0.4) is 0 Å². The van der Waals surface area contributed by atoms with E-state index >= 15 is 0 Å². The van der Waals surface area contributed by atoms with Crippen LogP contribution in [0.1, 0.15) is 12.8 Å². The summed E-state index contributed by atoms with van der Waals surface area (Å²) in [4.78, 5) is 2.34. The van der Waals surface area contributed by atoms with Crippen molar-refractivity contribution < 1.29 is 13.5 Å². The van der Waals surface area contributed by atoms with Gasteiger partial charge in [0.1, 0.15) is 5.60 Å². The second kappa shape index (κ2) is 4.19. The van der Waals surface area contributed by atoms with Crippen LogP contribution in [0.25, 0.3) is 0 Å². The number of benzene rings is 1. The molecule has 0 amide bonds. The van der Waals surface area contributed by atoms with Crippen LogP contribution in [0.4, 0.5) is 5.69 Å². The third-order valence-electron chi connectivity index (χ3n) is 4.05. The van der Waals surface area contributed by atoms with Crippen LogP contribution in [0, 0.1) is 5.92 Å². The Labute approximate surface area is 113 Å². The zero-order chi connectivity index (χ0) is 13.7. The van der Waals surface area contributed by atoms with E-state index in [9.17, 15) is 13.5 Å². The van der Waals surface area contributed by atoms with E-state index in [1.165, 1.54) is 7.05 Å². The number of rotatable bonds is 4. The number of nitrogens with zero attached hydrogens (tertiary/aromatic N) is 1. The van der Waals surface area contributed by atoms with Crippen LogP contribution in [0.5, 0.6) is 0 Å². The molecule has 0 unspecified atom stereocenters. The Morgan fingerprint density at radius 1 is 1.26 bits per heavy atom. The molecule has 5 nitrogen and oxygen atoms in total. The van der Waals surface area contributed by atoms with Gasteiger partial charge in [0.25, 0.3) is 0 Å². The van der Waals surface area contributed by atoms with E-state index in [1.807, 2.05) is 0 Å². The second-order valence-corrected chi connectivity index (χ2v) is 7.32. The first-order chi connectivity index (χ1) is 8.94. The van der Waals surface area contributed by atoms with Crippen molar-refractivity contribution in [3.63, 3.8) is 0 Å². The first-order valence-electron chi connectivity index (χ1n) is 6.45. The SMILES string of the molecule is CNS(=O)(=O)c1ccc(N2CC(O)(C3CC3)C2)cc1. The van der Waals surface area contributed by atoms with Crippen molar-refractivity contribution in [2.75, 3.05) is 25.0 Å². The molecule has 1 aliphatic carbocycles. The van der Waals surface area contributed by atoms with Gasteiger partial charge >= 0.3 is 0 Å². The summed E-state index contributed by atoms with van der Waals surface area (Å²) in [7, 11) is -1.98. The average Bonchev–Trinajstić information content (AvgIpc) is 3.20. The quantitative estimate of drug-likeness (QED) is 0.846. The van der Waals surface area contributed by atoms with E-state index in [1.54, 1.807) is 24.3 Å². The van der Waals surface area contributed by atoms with Crippen LogP contribution in [0.15, 0.2) is 29.2 Å². The van der Waals surface area contributed by atoms with Gasteiger partial charge < -0.3 is 10.0 Å². The number of nitrogens with one attached hydrogen (secondary N) is 1. The molecule has 1 aromatic rings. The summed E-state index contributed by atoms with van der Waals surface area (Å²) in [5.74, 6) is 0.465. The lowest BCUT2D eigenvalue weighted by molar-refractivity contribution is -0.00930. The lowest BCUT2D eigenvalue weighted by Crippen LogP contribution is -2.63. The summed E-state index contributed by atoms with van der Waals surface area (Å²) in [6.07, 6.45) is 2.26. The fourth-order valence-electron chi connectivity index (χ4n) is 2.63. The molecule has 19 heavy (non-hydrogen) atoms. The van der Waals surface area contributed by atoms with Gasteiger partial charge in [-0.15, -0.1) is 0 Å². The Hall–Kier alpha value is -1.11. The Morgan fingerprint density at radius 3 is 2.32 bits per heavy atom. The summed E-state index contributed by atoms with van der Waals surface area (Å²) < 4.78 is 25.5. The van der Waals surface area contributed by atoms with Crippen molar-refractivity contribution in [2.24, 2.45) is 5.92 Å². The predicted molar refractivity (Wildman–Crippen MR) is 72.6 cm³/mol. The van der Waals surface area contributed by atoms with Crippen LogP contribution < -0.4 is 9.62 Å². The summed E-state index contributed by atoms with van der Waals surface area (Å²) in [6, 6.07) is 6.76. The number of sulfonamides is 1. The molecule has 1 saturated heterocycles. The van der Waals surface area contributed by atoms with Crippen molar-refractivity contribution in [3.8, 4) is 0 Å². The van der Waals surface area contributed by atoms with Gasteiger partial charge in [0.2, 0.25) is 10.0 Å². The topological polar surface area (TPSA) is 69.6 Å².